The van der Waals surface area contributed by atoms with Crippen molar-refractivity contribution in [1.29, 1.82) is 0 Å². The third-order valence-corrected chi connectivity index (χ3v) is 6.44. The van der Waals surface area contributed by atoms with Crippen molar-refractivity contribution in [3.05, 3.63) is 66.6 Å². The number of aromatic nitrogens is 4. The molecular weight excluding hydrogens is 474 g/mol. The number of pyridine rings is 1. The number of carbonyl (C=O) groups excluding carboxylic acids is 2. The molecule has 0 saturated carbocycles. The highest BCUT2D eigenvalue weighted by molar-refractivity contribution is 7.16. The number of hydrogen-bond donors (Lipinski definition) is 1. The highest BCUT2D eigenvalue weighted by Crippen LogP contribution is 2.30. The first-order valence-electron chi connectivity index (χ1n) is 9.25. The Balaban J connectivity index is 1.76. The summed E-state index contributed by atoms with van der Waals surface area (Å²) in [6.45, 7) is 0.328. The Kier molecular flexibility index (Phi) is 6.49. The zero-order valence-electron chi connectivity index (χ0n) is 16.6. The van der Waals surface area contributed by atoms with Gasteiger partial charge in [-0.15, -0.1) is 22.7 Å². The Bertz CT molecular complexity index is 1330. The van der Waals surface area contributed by atoms with Gasteiger partial charge in [-0.25, -0.2) is 4.98 Å². The Hall–Kier alpha value is -3.28. The summed E-state index contributed by atoms with van der Waals surface area (Å²) >= 11 is 8.63. The molecule has 12 heteroatoms. The van der Waals surface area contributed by atoms with E-state index in [2.05, 4.69) is 15.4 Å². The summed E-state index contributed by atoms with van der Waals surface area (Å²) < 4.78 is 8.50. The standard InChI is InChI=1S/C20H16ClN5O4S2/c1-30-15-11-25(5-6-27)18(28)8-13(15)14-9-17(23-10-12-2-3-16(21)32-12)26(24-14)20(29)19-22-4-7-31-19/h2-4,6-9,11,23H,5,10H2,1H3. The van der Waals surface area contributed by atoms with E-state index in [1.165, 1.54) is 51.3 Å². The summed E-state index contributed by atoms with van der Waals surface area (Å²) in [6, 6.07) is 6.67. The van der Waals surface area contributed by atoms with Crippen LogP contribution in [0.2, 0.25) is 4.34 Å². The summed E-state index contributed by atoms with van der Waals surface area (Å²) in [6.07, 6.45) is 3.61. The van der Waals surface area contributed by atoms with Crippen molar-refractivity contribution >= 4 is 52.3 Å². The number of thiazole rings is 1. The van der Waals surface area contributed by atoms with Gasteiger partial charge >= 0.3 is 5.91 Å². The number of rotatable bonds is 8. The molecule has 32 heavy (non-hydrogen) atoms. The average Bonchev–Trinajstić information content (AvgIpc) is 3.54. The molecule has 0 atom stereocenters. The zero-order valence-corrected chi connectivity index (χ0v) is 19.0. The van der Waals surface area contributed by atoms with E-state index in [-0.39, 0.29) is 11.6 Å². The van der Waals surface area contributed by atoms with Gasteiger partial charge in [0.2, 0.25) is 0 Å². The molecule has 4 rings (SSSR count). The number of aldehydes is 1. The quantitative estimate of drug-likeness (QED) is 0.378. The molecule has 9 nitrogen and oxygen atoms in total. The maximum atomic E-state index is 13.0. The molecule has 0 aromatic carbocycles. The Morgan fingerprint density at radius 3 is 2.84 bits per heavy atom. The van der Waals surface area contributed by atoms with Crippen LogP contribution < -0.4 is 15.6 Å². The Morgan fingerprint density at radius 1 is 1.34 bits per heavy atom. The number of thiophene rings is 1. The van der Waals surface area contributed by atoms with Crippen LogP contribution in [0.5, 0.6) is 5.75 Å². The third-order valence-electron chi connectivity index (χ3n) is 4.45. The minimum Gasteiger partial charge on any atom is -0.495 e. The molecule has 0 bridgehead atoms. The second-order valence-electron chi connectivity index (χ2n) is 6.44. The van der Waals surface area contributed by atoms with E-state index in [1.807, 2.05) is 6.07 Å². The Labute approximate surface area is 194 Å². The van der Waals surface area contributed by atoms with Crippen LogP contribution in [-0.2, 0) is 17.9 Å². The molecule has 4 heterocycles. The van der Waals surface area contributed by atoms with Gasteiger partial charge in [0.05, 0.1) is 42.0 Å². The lowest BCUT2D eigenvalue weighted by Crippen LogP contribution is -2.20. The number of anilines is 1. The largest absolute Gasteiger partial charge is 0.495 e. The van der Waals surface area contributed by atoms with Gasteiger partial charge in [-0.3, -0.25) is 9.59 Å². The molecule has 0 fully saturated rings. The van der Waals surface area contributed by atoms with E-state index >= 15 is 0 Å². The molecule has 0 unspecified atom stereocenters. The minimum atomic E-state index is -0.411. The summed E-state index contributed by atoms with van der Waals surface area (Å²) in [5, 5.41) is 9.60. The van der Waals surface area contributed by atoms with Crippen molar-refractivity contribution in [1.82, 2.24) is 19.3 Å². The molecule has 0 spiro atoms. The van der Waals surface area contributed by atoms with Gasteiger partial charge < -0.3 is 19.4 Å². The van der Waals surface area contributed by atoms with Gasteiger partial charge in [0.15, 0.2) is 5.01 Å². The van der Waals surface area contributed by atoms with Crippen molar-refractivity contribution in [2.45, 2.75) is 13.1 Å². The van der Waals surface area contributed by atoms with Crippen molar-refractivity contribution in [2.24, 2.45) is 0 Å². The number of halogens is 1. The van der Waals surface area contributed by atoms with E-state index in [9.17, 15) is 14.4 Å². The smallest absolute Gasteiger partial charge is 0.309 e. The number of methoxy groups -OCH3 is 1. The van der Waals surface area contributed by atoms with E-state index in [4.69, 9.17) is 16.3 Å². The van der Waals surface area contributed by atoms with Crippen molar-refractivity contribution in [3.8, 4) is 17.0 Å². The second kappa shape index (κ2) is 9.47. The van der Waals surface area contributed by atoms with Crippen LogP contribution in [0.4, 0.5) is 5.82 Å². The minimum absolute atomic E-state index is 0.0946. The van der Waals surface area contributed by atoms with Crippen LogP contribution in [0.3, 0.4) is 0 Å². The number of ether oxygens (including phenoxy) is 1. The summed E-state index contributed by atoms with van der Waals surface area (Å²) in [4.78, 5) is 41.3. The molecule has 0 saturated heterocycles. The van der Waals surface area contributed by atoms with Gasteiger partial charge in [0.1, 0.15) is 17.9 Å². The third kappa shape index (κ3) is 4.49. The molecular formula is C20H16ClN5O4S2. The van der Waals surface area contributed by atoms with Gasteiger partial charge in [-0.05, 0) is 12.1 Å². The fourth-order valence-electron chi connectivity index (χ4n) is 2.98. The lowest BCUT2D eigenvalue weighted by atomic mass is 10.2. The number of nitrogens with zero attached hydrogens (tertiary/aromatic N) is 4. The molecule has 0 aliphatic heterocycles. The molecule has 164 valence electrons. The van der Waals surface area contributed by atoms with Crippen LogP contribution in [-0.4, -0.2) is 38.6 Å². The van der Waals surface area contributed by atoms with E-state index in [0.29, 0.717) is 40.0 Å². The number of nitrogens with one attached hydrogen (secondary N) is 1. The summed E-state index contributed by atoms with van der Waals surface area (Å²) in [5.41, 5.74) is 0.359. The van der Waals surface area contributed by atoms with Crippen LogP contribution in [0.15, 0.2) is 46.8 Å². The second-order valence-corrected chi connectivity index (χ2v) is 9.14. The van der Waals surface area contributed by atoms with Crippen LogP contribution in [0.1, 0.15) is 14.7 Å². The molecule has 1 N–H and O–H groups in total. The molecule has 4 aromatic heterocycles. The first-order chi connectivity index (χ1) is 15.5. The van der Waals surface area contributed by atoms with Gasteiger partial charge in [0, 0.05) is 28.6 Å². The number of hydrogen-bond acceptors (Lipinski definition) is 9. The molecule has 0 amide bonds. The Morgan fingerprint density at radius 2 is 2.19 bits per heavy atom. The fraction of sp³-hybridized carbons (Fsp3) is 0.150. The molecule has 4 aromatic rings. The van der Waals surface area contributed by atoms with E-state index in [1.54, 1.807) is 23.7 Å². The number of carbonyl (C=O) groups is 2. The SMILES string of the molecule is COc1cn(CC=O)c(=O)cc1-c1cc(NCc2ccc(Cl)s2)n(C(=O)c2nccs2)n1. The average molecular weight is 490 g/mol. The fourth-order valence-corrected chi connectivity index (χ4v) is 4.56. The van der Waals surface area contributed by atoms with E-state index < -0.39 is 11.5 Å². The van der Waals surface area contributed by atoms with Crippen LogP contribution in [0.25, 0.3) is 11.3 Å². The molecule has 0 aliphatic rings. The maximum Gasteiger partial charge on any atom is 0.309 e. The van der Waals surface area contributed by atoms with Crippen molar-refractivity contribution in [2.75, 3.05) is 12.4 Å². The highest BCUT2D eigenvalue weighted by Gasteiger charge is 2.21. The van der Waals surface area contributed by atoms with Crippen LogP contribution >= 0.6 is 34.3 Å². The first-order valence-corrected chi connectivity index (χ1v) is 11.3. The molecule has 0 aliphatic carbocycles. The topological polar surface area (TPSA) is 108 Å². The van der Waals surface area contributed by atoms with Crippen molar-refractivity contribution < 1.29 is 14.3 Å². The van der Waals surface area contributed by atoms with Gasteiger partial charge in [-0.1, -0.05) is 11.6 Å². The van der Waals surface area contributed by atoms with Crippen LogP contribution in [0, 0.1) is 0 Å². The summed E-state index contributed by atoms with van der Waals surface area (Å²) in [5.74, 6) is 0.351. The normalized spacial score (nSPS) is 10.8. The van der Waals surface area contributed by atoms with Gasteiger partial charge in [-0.2, -0.15) is 9.78 Å². The van der Waals surface area contributed by atoms with Gasteiger partial charge in [0.25, 0.3) is 5.56 Å². The monoisotopic (exact) mass is 489 g/mol. The lowest BCUT2D eigenvalue weighted by Gasteiger charge is -2.09. The maximum absolute atomic E-state index is 13.0. The van der Waals surface area contributed by atoms with Crippen molar-refractivity contribution in [3.63, 3.8) is 0 Å². The predicted molar refractivity (Wildman–Crippen MR) is 123 cm³/mol. The van der Waals surface area contributed by atoms with E-state index in [0.717, 1.165) is 4.88 Å². The summed E-state index contributed by atoms with van der Waals surface area (Å²) in [7, 11) is 1.45. The zero-order chi connectivity index (χ0) is 22.7. The highest BCUT2D eigenvalue weighted by atomic mass is 35.5. The lowest BCUT2D eigenvalue weighted by molar-refractivity contribution is -0.108. The predicted octanol–water partition coefficient (Wildman–Crippen LogP) is 3.39. The first kappa shape index (κ1) is 21.9. The molecule has 0 radical (unpaired) electrons.